The van der Waals surface area contributed by atoms with Gasteiger partial charge in [0.15, 0.2) is 5.60 Å². The molecule has 0 spiro atoms. The van der Waals surface area contributed by atoms with E-state index in [1.807, 2.05) is 6.92 Å². The molecule has 2 rings (SSSR count). The summed E-state index contributed by atoms with van der Waals surface area (Å²) in [5.74, 6) is 1.14. The van der Waals surface area contributed by atoms with Crippen molar-refractivity contribution in [2.45, 2.75) is 45.3 Å². The van der Waals surface area contributed by atoms with Crippen LogP contribution in [0.1, 0.15) is 30.0 Å². The Kier molecular flexibility index (Phi) is 4.76. The third kappa shape index (κ3) is 3.76. The summed E-state index contributed by atoms with van der Waals surface area (Å²) in [6, 6.07) is 6.47. The molecule has 4 heteroatoms. The van der Waals surface area contributed by atoms with Gasteiger partial charge < -0.3 is 10.4 Å². The zero-order valence-corrected chi connectivity index (χ0v) is 13.2. The smallest absolute Gasteiger partial charge is 0.253 e. The minimum absolute atomic E-state index is 0.0262. The van der Waals surface area contributed by atoms with Gasteiger partial charge >= 0.3 is 0 Å². The zero-order chi connectivity index (χ0) is 14.8. The number of aliphatic hydroxyl groups is 1. The number of nitrogens with one attached hydrogen (secondary N) is 1. The topological polar surface area (TPSA) is 49.3 Å². The molecule has 20 heavy (non-hydrogen) atoms. The number of benzene rings is 1. The number of hydrogen-bond donors (Lipinski definition) is 2. The third-order valence-electron chi connectivity index (χ3n) is 3.62. The molecule has 2 unspecified atom stereocenters. The van der Waals surface area contributed by atoms with Crippen molar-refractivity contribution in [3.05, 3.63) is 34.9 Å². The number of amides is 1. The lowest BCUT2D eigenvalue weighted by atomic mass is 9.99. The molecule has 2 N–H and O–H groups in total. The average Bonchev–Trinajstić information content (AvgIpc) is 2.75. The van der Waals surface area contributed by atoms with E-state index in [1.54, 1.807) is 11.8 Å². The summed E-state index contributed by atoms with van der Waals surface area (Å²) >= 11 is 1.63. The molecule has 1 heterocycles. The number of carbonyl (C=O) groups excluding carboxylic acids is 1. The summed E-state index contributed by atoms with van der Waals surface area (Å²) in [6.07, 6.45) is 1.34. The molecule has 1 aliphatic rings. The zero-order valence-electron chi connectivity index (χ0n) is 12.4. The first-order valence-corrected chi connectivity index (χ1v) is 8.23. The average molecular weight is 293 g/mol. The van der Waals surface area contributed by atoms with E-state index in [4.69, 9.17) is 0 Å². The van der Waals surface area contributed by atoms with Crippen LogP contribution in [0.25, 0.3) is 0 Å². The summed E-state index contributed by atoms with van der Waals surface area (Å²) in [6.45, 7) is 6.15. The lowest BCUT2D eigenvalue weighted by Gasteiger charge is -2.23. The monoisotopic (exact) mass is 293 g/mol. The maximum absolute atomic E-state index is 12.1. The second-order valence-corrected chi connectivity index (χ2v) is 7.01. The van der Waals surface area contributed by atoms with Gasteiger partial charge in [-0.25, -0.2) is 0 Å². The van der Waals surface area contributed by atoms with E-state index < -0.39 is 5.60 Å². The van der Waals surface area contributed by atoms with Crippen molar-refractivity contribution in [3.63, 3.8) is 0 Å². The van der Waals surface area contributed by atoms with Gasteiger partial charge in [-0.05, 0) is 44.9 Å². The molecule has 110 valence electrons. The molecular formula is C16H23NO2S. The van der Waals surface area contributed by atoms with Gasteiger partial charge in [-0.15, -0.1) is 0 Å². The van der Waals surface area contributed by atoms with Crippen LogP contribution < -0.4 is 5.32 Å². The predicted molar refractivity (Wildman–Crippen MR) is 84.1 cm³/mol. The van der Waals surface area contributed by atoms with Crippen LogP contribution in [-0.4, -0.2) is 34.2 Å². The van der Waals surface area contributed by atoms with Crippen LogP contribution in [0.2, 0.25) is 0 Å². The van der Waals surface area contributed by atoms with Gasteiger partial charge in [0.2, 0.25) is 0 Å². The first-order chi connectivity index (χ1) is 9.39. The number of hydrogen-bond acceptors (Lipinski definition) is 3. The summed E-state index contributed by atoms with van der Waals surface area (Å²) in [7, 11) is 0. The summed E-state index contributed by atoms with van der Waals surface area (Å²) < 4.78 is 0. The van der Waals surface area contributed by atoms with E-state index in [1.165, 1.54) is 16.7 Å². The Hall–Kier alpha value is -1.00. The van der Waals surface area contributed by atoms with Crippen molar-refractivity contribution in [2.75, 3.05) is 11.5 Å². The maximum atomic E-state index is 12.1. The molecule has 0 bridgehead atoms. The first kappa shape index (κ1) is 15.4. The summed E-state index contributed by atoms with van der Waals surface area (Å²) in [5, 5.41) is 13.2. The number of thioether (sulfide) groups is 1. The fourth-order valence-electron chi connectivity index (χ4n) is 2.68. The highest BCUT2D eigenvalue weighted by Crippen LogP contribution is 2.28. The highest BCUT2D eigenvalue weighted by atomic mass is 32.2. The van der Waals surface area contributed by atoms with Crippen LogP contribution in [0.5, 0.6) is 0 Å². The van der Waals surface area contributed by atoms with Gasteiger partial charge in [-0.3, -0.25) is 4.79 Å². The van der Waals surface area contributed by atoms with E-state index in [2.05, 4.69) is 37.4 Å². The standard InChI is InChI=1S/C16H23NO2S/c1-11-6-12(2)8-14(7-11)9-13(3)17-15(18)16(19)4-5-20-10-16/h6-8,13,19H,4-5,9-10H2,1-3H3,(H,17,18). The van der Waals surface area contributed by atoms with E-state index in [0.29, 0.717) is 12.2 Å². The SMILES string of the molecule is Cc1cc(C)cc(CC(C)NC(=O)C2(O)CCSC2)c1. The summed E-state index contributed by atoms with van der Waals surface area (Å²) in [5.41, 5.74) is 2.54. The molecule has 0 aliphatic carbocycles. The number of rotatable bonds is 4. The van der Waals surface area contributed by atoms with Gasteiger partial charge in [-0.2, -0.15) is 11.8 Å². The Morgan fingerprint density at radius 2 is 2.05 bits per heavy atom. The van der Waals surface area contributed by atoms with E-state index in [0.717, 1.165) is 12.2 Å². The quantitative estimate of drug-likeness (QED) is 0.895. The predicted octanol–water partition coefficient (Wildman–Crippen LogP) is 2.22. The summed E-state index contributed by atoms with van der Waals surface area (Å²) in [4.78, 5) is 12.1. The van der Waals surface area contributed by atoms with Gasteiger partial charge in [0.1, 0.15) is 0 Å². The van der Waals surface area contributed by atoms with Crippen LogP contribution >= 0.6 is 11.8 Å². The second-order valence-electron chi connectivity index (χ2n) is 5.91. The van der Waals surface area contributed by atoms with Gasteiger partial charge in [0, 0.05) is 11.8 Å². The van der Waals surface area contributed by atoms with Crippen molar-refractivity contribution in [2.24, 2.45) is 0 Å². The van der Waals surface area contributed by atoms with Crippen LogP contribution in [0.3, 0.4) is 0 Å². The van der Waals surface area contributed by atoms with Crippen molar-refractivity contribution in [3.8, 4) is 0 Å². The van der Waals surface area contributed by atoms with Crippen LogP contribution in [0, 0.1) is 13.8 Å². The van der Waals surface area contributed by atoms with E-state index >= 15 is 0 Å². The molecule has 0 saturated carbocycles. The highest BCUT2D eigenvalue weighted by molar-refractivity contribution is 7.99. The normalized spacial score (nSPS) is 23.6. The van der Waals surface area contributed by atoms with E-state index in [9.17, 15) is 9.90 Å². The molecule has 2 atom stereocenters. The van der Waals surface area contributed by atoms with Crippen LogP contribution in [0.15, 0.2) is 18.2 Å². The number of aryl methyl sites for hydroxylation is 2. The molecule has 1 amide bonds. The minimum atomic E-state index is -1.17. The third-order valence-corrected chi connectivity index (χ3v) is 4.80. The molecule has 1 aromatic carbocycles. The first-order valence-electron chi connectivity index (χ1n) is 7.07. The molecule has 1 aromatic rings. The minimum Gasteiger partial charge on any atom is -0.379 e. The Balaban J connectivity index is 1.95. The van der Waals surface area contributed by atoms with Crippen molar-refractivity contribution in [1.29, 1.82) is 0 Å². The number of carbonyl (C=O) groups is 1. The Bertz CT molecular complexity index is 475. The van der Waals surface area contributed by atoms with Crippen molar-refractivity contribution < 1.29 is 9.90 Å². The lowest BCUT2D eigenvalue weighted by molar-refractivity contribution is -0.137. The Labute approximate surface area is 125 Å². The Morgan fingerprint density at radius 1 is 1.40 bits per heavy atom. The van der Waals surface area contributed by atoms with Gasteiger partial charge in [-0.1, -0.05) is 29.3 Å². The second kappa shape index (κ2) is 6.19. The molecule has 1 saturated heterocycles. The molecule has 0 aromatic heterocycles. The fourth-order valence-corrected chi connectivity index (χ4v) is 3.92. The molecule has 3 nitrogen and oxygen atoms in total. The van der Waals surface area contributed by atoms with Crippen molar-refractivity contribution >= 4 is 17.7 Å². The van der Waals surface area contributed by atoms with Crippen LogP contribution in [-0.2, 0) is 11.2 Å². The van der Waals surface area contributed by atoms with Crippen molar-refractivity contribution in [1.82, 2.24) is 5.32 Å². The largest absolute Gasteiger partial charge is 0.379 e. The molecule has 0 radical (unpaired) electrons. The highest BCUT2D eigenvalue weighted by Gasteiger charge is 2.39. The van der Waals surface area contributed by atoms with Crippen LogP contribution in [0.4, 0.5) is 0 Å². The maximum Gasteiger partial charge on any atom is 0.253 e. The molecule has 1 fully saturated rings. The van der Waals surface area contributed by atoms with Gasteiger partial charge in [0.25, 0.3) is 5.91 Å². The Morgan fingerprint density at radius 3 is 2.60 bits per heavy atom. The molecular weight excluding hydrogens is 270 g/mol. The fraction of sp³-hybridized carbons (Fsp3) is 0.562. The van der Waals surface area contributed by atoms with E-state index in [-0.39, 0.29) is 11.9 Å². The lowest BCUT2D eigenvalue weighted by Crippen LogP contribution is -2.50. The van der Waals surface area contributed by atoms with Gasteiger partial charge in [0.05, 0.1) is 0 Å². The molecule has 1 aliphatic heterocycles.